The summed E-state index contributed by atoms with van der Waals surface area (Å²) >= 11 is 0. The fourth-order valence-electron chi connectivity index (χ4n) is 3.61. The van der Waals surface area contributed by atoms with Gasteiger partial charge in [-0.05, 0) is 37.5 Å². The van der Waals surface area contributed by atoms with Crippen molar-refractivity contribution in [1.82, 2.24) is 5.32 Å². The molecule has 1 amide bonds. The maximum atomic E-state index is 12.2. The van der Waals surface area contributed by atoms with Gasteiger partial charge < -0.3 is 10.4 Å². The van der Waals surface area contributed by atoms with E-state index in [0.29, 0.717) is 12.8 Å². The molecule has 0 aromatic rings. The number of hydrogen-bond acceptors (Lipinski definition) is 2. The topological polar surface area (TPSA) is 66.4 Å². The summed E-state index contributed by atoms with van der Waals surface area (Å²) in [4.78, 5) is 23.5. The zero-order chi connectivity index (χ0) is 14.1. The molecule has 2 fully saturated rings. The van der Waals surface area contributed by atoms with Gasteiger partial charge in [0.2, 0.25) is 5.91 Å². The Morgan fingerprint density at radius 1 is 1.26 bits per heavy atom. The molecule has 2 aliphatic rings. The number of nitrogens with one attached hydrogen (secondary N) is 1. The minimum absolute atomic E-state index is 0.0782. The Morgan fingerprint density at radius 3 is 2.32 bits per heavy atom. The zero-order valence-electron chi connectivity index (χ0n) is 12.0. The molecule has 4 heteroatoms. The Balaban J connectivity index is 1.88. The Kier molecular flexibility index (Phi) is 3.88. The predicted molar refractivity (Wildman–Crippen MR) is 72.7 cm³/mol. The number of hydrogen-bond donors (Lipinski definition) is 2. The first-order valence-corrected chi connectivity index (χ1v) is 7.51. The van der Waals surface area contributed by atoms with Crippen molar-refractivity contribution in [2.24, 2.45) is 16.7 Å². The van der Waals surface area contributed by atoms with Gasteiger partial charge in [-0.15, -0.1) is 0 Å². The van der Waals surface area contributed by atoms with Crippen LogP contribution in [0.3, 0.4) is 0 Å². The molecule has 0 radical (unpaired) electrons. The SMILES string of the molecule is CCC(CC)(CNC(=O)C1CC12CCCC2)C(=O)O. The van der Waals surface area contributed by atoms with E-state index in [9.17, 15) is 14.7 Å². The molecule has 0 saturated heterocycles. The Labute approximate surface area is 115 Å². The molecule has 2 rings (SSSR count). The smallest absolute Gasteiger partial charge is 0.311 e. The van der Waals surface area contributed by atoms with Crippen molar-refractivity contribution in [2.45, 2.75) is 58.8 Å². The van der Waals surface area contributed by atoms with Gasteiger partial charge in [-0.1, -0.05) is 26.7 Å². The molecule has 1 atom stereocenters. The average Bonchev–Trinajstić information content (AvgIpc) is 2.88. The molecule has 0 aliphatic heterocycles. The number of carboxylic acid groups (broad SMARTS) is 1. The minimum Gasteiger partial charge on any atom is -0.481 e. The van der Waals surface area contributed by atoms with Crippen LogP contribution >= 0.6 is 0 Å². The molecule has 4 nitrogen and oxygen atoms in total. The molecule has 0 aromatic heterocycles. The maximum Gasteiger partial charge on any atom is 0.311 e. The molecule has 2 N–H and O–H groups in total. The monoisotopic (exact) mass is 267 g/mol. The Bertz CT molecular complexity index is 368. The predicted octanol–water partition coefficient (Wildman–Crippen LogP) is 2.57. The van der Waals surface area contributed by atoms with Gasteiger partial charge in [0.1, 0.15) is 0 Å². The first kappa shape index (κ1) is 14.4. The van der Waals surface area contributed by atoms with Crippen molar-refractivity contribution in [3.63, 3.8) is 0 Å². The normalized spacial score (nSPS) is 24.4. The van der Waals surface area contributed by atoms with E-state index in [1.807, 2.05) is 13.8 Å². The Morgan fingerprint density at radius 2 is 1.84 bits per heavy atom. The molecule has 2 saturated carbocycles. The van der Waals surface area contributed by atoms with Crippen molar-refractivity contribution in [3.8, 4) is 0 Å². The second-order valence-corrected chi connectivity index (χ2v) is 6.34. The molecule has 0 heterocycles. The summed E-state index contributed by atoms with van der Waals surface area (Å²) in [6.07, 6.45) is 6.95. The van der Waals surface area contributed by atoms with Gasteiger partial charge >= 0.3 is 5.97 Å². The van der Waals surface area contributed by atoms with Crippen LogP contribution in [0.15, 0.2) is 0 Å². The van der Waals surface area contributed by atoms with E-state index in [2.05, 4.69) is 5.32 Å². The van der Waals surface area contributed by atoms with Crippen LogP contribution in [-0.2, 0) is 9.59 Å². The van der Waals surface area contributed by atoms with Crippen LogP contribution in [-0.4, -0.2) is 23.5 Å². The minimum atomic E-state index is -0.802. The van der Waals surface area contributed by atoms with E-state index >= 15 is 0 Å². The van der Waals surface area contributed by atoms with E-state index in [1.165, 1.54) is 25.7 Å². The molecule has 19 heavy (non-hydrogen) atoms. The molecular weight excluding hydrogens is 242 g/mol. The van der Waals surface area contributed by atoms with Crippen LogP contribution in [0, 0.1) is 16.7 Å². The van der Waals surface area contributed by atoms with Crippen LogP contribution in [0.1, 0.15) is 58.8 Å². The molecule has 1 spiro atoms. The summed E-state index contributed by atoms with van der Waals surface area (Å²) in [6.45, 7) is 4.01. The van der Waals surface area contributed by atoms with E-state index in [4.69, 9.17) is 0 Å². The van der Waals surface area contributed by atoms with Crippen LogP contribution in [0.25, 0.3) is 0 Å². The maximum absolute atomic E-state index is 12.2. The van der Waals surface area contributed by atoms with Gasteiger partial charge in [-0.2, -0.15) is 0 Å². The van der Waals surface area contributed by atoms with Crippen LogP contribution in [0.4, 0.5) is 0 Å². The summed E-state index contributed by atoms with van der Waals surface area (Å²) in [5.41, 5.74) is -0.512. The van der Waals surface area contributed by atoms with Gasteiger partial charge in [0.15, 0.2) is 0 Å². The number of carbonyl (C=O) groups is 2. The summed E-state index contributed by atoms with van der Waals surface area (Å²) in [7, 11) is 0. The van der Waals surface area contributed by atoms with E-state index in [0.717, 1.165) is 6.42 Å². The van der Waals surface area contributed by atoms with Crippen molar-refractivity contribution in [3.05, 3.63) is 0 Å². The Hall–Kier alpha value is -1.06. The van der Waals surface area contributed by atoms with Gasteiger partial charge in [-0.3, -0.25) is 9.59 Å². The van der Waals surface area contributed by atoms with Crippen LogP contribution < -0.4 is 5.32 Å². The summed E-state index contributed by atoms with van der Waals surface area (Å²) in [6, 6.07) is 0. The lowest BCUT2D eigenvalue weighted by atomic mass is 9.82. The van der Waals surface area contributed by atoms with Gasteiger partial charge in [-0.25, -0.2) is 0 Å². The highest BCUT2D eigenvalue weighted by atomic mass is 16.4. The van der Waals surface area contributed by atoms with Crippen molar-refractivity contribution >= 4 is 11.9 Å². The number of carbonyl (C=O) groups excluding carboxylic acids is 1. The number of amides is 1. The molecule has 0 aromatic carbocycles. The van der Waals surface area contributed by atoms with Crippen LogP contribution in [0.5, 0.6) is 0 Å². The van der Waals surface area contributed by atoms with Crippen molar-refractivity contribution in [2.75, 3.05) is 6.54 Å². The second-order valence-electron chi connectivity index (χ2n) is 6.34. The third-order valence-electron chi connectivity index (χ3n) is 5.51. The number of aliphatic carboxylic acids is 1. The lowest BCUT2D eigenvalue weighted by Crippen LogP contribution is -2.43. The van der Waals surface area contributed by atoms with Crippen molar-refractivity contribution < 1.29 is 14.7 Å². The highest BCUT2D eigenvalue weighted by Gasteiger charge is 2.58. The van der Waals surface area contributed by atoms with Gasteiger partial charge in [0, 0.05) is 12.5 Å². The van der Waals surface area contributed by atoms with E-state index in [-0.39, 0.29) is 23.8 Å². The fourth-order valence-corrected chi connectivity index (χ4v) is 3.61. The first-order chi connectivity index (χ1) is 8.99. The molecule has 2 aliphatic carbocycles. The van der Waals surface area contributed by atoms with Gasteiger partial charge in [0.05, 0.1) is 5.41 Å². The summed E-state index contributed by atoms with van der Waals surface area (Å²) < 4.78 is 0. The third-order valence-corrected chi connectivity index (χ3v) is 5.51. The number of rotatable bonds is 6. The fraction of sp³-hybridized carbons (Fsp3) is 0.867. The quantitative estimate of drug-likeness (QED) is 0.777. The summed E-state index contributed by atoms with van der Waals surface area (Å²) in [5, 5.41) is 12.2. The average molecular weight is 267 g/mol. The summed E-state index contributed by atoms with van der Waals surface area (Å²) in [5.74, 6) is -0.575. The van der Waals surface area contributed by atoms with Gasteiger partial charge in [0.25, 0.3) is 0 Å². The molecule has 108 valence electrons. The molecule has 0 bridgehead atoms. The van der Waals surface area contributed by atoms with Crippen LogP contribution in [0.2, 0.25) is 0 Å². The zero-order valence-corrected chi connectivity index (χ0v) is 12.0. The van der Waals surface area contributed by atoms with E-state index in [1.54, 1.807) is 0 Å². The lowest BCUT2D eigenvalue weighted by molar-refractivity contribution is -0.149. The van der Waals surface area contributed by atoms with Crippen molar-refractivity contribution in [1.29, 1.82) is 0 Å². The molecular formula is C15H25NO3. The number of carboxylic acids is 1. The standard InChI is InChI=1S/C15H25NO3/c1-3-14(4-2,13(18)19)10-16-12(17)11-9-15(11)7-5-6-8-15/h11H,3-10H2,1-2H3,(H,16,17)(H,18,19). The lowest BCUT2D eigenvalue weighted by Gasteiger charge is -2.27. The third kappa shape index (κ3) is 2.49. The largest absolute Gasteiger partial charge is 0.481 e. The second kappa shape index (κ2) is 5.14. The van der Waals surface area contributed by atoms with E-state index < -0.39 is 11.4 Å². The highest BCUT2D eigenvalue weighted by Crippen LogP contribution is 2.62. The highest BCUT2D eigenvalue weighted by molar-refractivity contribution is 5.83. The first-order valence-electron chi connectivity index (χ1n) is 7.51. The molecule has 1 unspecified atom stereocenters.